The number of nitrogens with zero attached hydrogens (tertiary/aromatic N) is 1. The highest BCUT2D eigenvalue weighted by Crippen LogP contribution is 2.39. The Morgan fingerprint density at radius 2 is 2.05 bits per heavy atom. The molecule has 0 spiro atoms. The smallest absolute Gasteiger partial charge is 0.0419 e. The van der Waals surface area contributed by atoms with Gasteiger partial charge in [0.15, 0.2) is 0 Å². The summed E-state index contributed by atoms with van der Waals surface area (Å²) in [5.41, 5.74) is 1.67. The number of aromatic nitrogens is 1. The van der Waals surface area contributed by atoms with Crippen molar-refractivity contribution in [2.45, 2.75) is 64.8 Å². The summed E-state index contributed by atoms with van der Waals surface area (Å²) in [6, 6.07) is 6.83. The molecular formula is C17H28N2. The van der Waals surface area contributed by atoms with Gasteiger partial charge in [-0.1, -0.05) is 39.2 Å². The second-order valence-electron chi connectivity index (χ2n) is 6.25. The third kappa shape index (κ3) is 4.04. The van der Waals surface area contributed by atoms with Gasteiger partial charge in [-0.3, -0.25) is 4.98 Å². The highest BCUT2D eigenvalue weighted by atomic mass is 14.9. The normalized spacial score (nSPS) is 20.1. The lowest BCUT2D eigenvalue weighted by Gasteiger charge is -2.41. The highest BCUT2D eigenvalue weighted by Gasteiger charge is 2.35. The maximum atomic E-state index is 4.51. The van der Waals surface area contributed by atoms with Crippen molar-refractivity contribution < 1.29 is 0 Å². The van der Waals surface area contributed by atoms with Crippen molar-refractivity contribution in [1.29, 1.82) is 0 Å². The standard InChI is InChI=1S/C17H28N2/c1-3-12-19-16(14-15-9-5-8-13-18-15)17(2)10-6-4-7-11-17/h5,8-9,13,16,19H,3-4,6-7,10-12,14H2,1-2H3. The van der Waals surface area contributed by atoms with E-state index in [9.17, 15) is 0 Å². The van der Waals surface area contributed by atoms with Gasteiger partial charge in [-0.15, -0.1) is 0 Å². The Morgan fingerprint density at radius 1 is 1.26 bits per heavy atom. The molecule has 0 radical (unpaired) electrons. The molecule has 1 aliphatic carbocycles. The van der Waals surface area contributed by atoms with Crippen LogP contribution in [0.2, 0.25) is 0 Å². The van der Waals surface area contributed by atoms with Gasteiger partial charge in [0, 0.05) is 24.4 Å². The van der Waals surface area contributed by atoms with Crippen molar-refractivity contribution >= 4 is 0 Å². The molecule has 0 amide bonds. The summed E-state index contributed by atoms with van der Waals surface area (Å²) in [4.78, 5) is 4.51. The average Bonchev–Trinajstić information content (AvgIpc) is 2.45. The van der Waals surface area contributed by atoms with Crippen LogP contribution in [0.5, 0.6) is 0 Å². The van der Waals surface area contributed by atoms with E-state index in [1.54, 1.807) is 0 Å². The fourth-order valence-electron chi connectivity index (χ4n) is 3.32. The predicted molar refractivity (Wildman–Crippen MR) is 81.2 cm³/mol. The number of hydrogen-bond donors (Lipinski definition) is 1. The molecule has 1 aromatic heterocycles. The van der Waals surface area contributed by atoms with E-state index in [1.165, 1.54) is 44.2 Å². The van der Waals surface area contributed by atoms with Crippen LogP contribution in [-0.2, 0) is 6.42 Å². The summed E-state index contributed by atoms with van der Waals surface area (Å²) in [7, 11) is 0. The molecule has 0 aliphatic heterocycles. The average molecular weight is 260 g/mol. The van der Waals surface area contributed by atoms with Crippen LogP contribution in [0, 0.1) is 5.41 Å². The Balaban J connectivity index is 2.06. The van der Waals surface area contributed by atoms with Gasteiger partial charge in [-0.05, 0) is 43.4 Å². The van der Waals surface area contributed by atoms with Gasteiger partial charge in [0.05, 0.1) is 0 Å². The molecule has 2 rings (SSSR count). The van der Waals surface area contributed by atoms with Gasteiger partial charge in [-0.25, -0.2) is 0 Å². The molecule has 1 fully saturated rings. The van der Waals surface area contributed by atoms with Crippen LogP contribution in [0.1, 0.15) is 58.1 Å². The Labute approximate surface area is 118 Å². The van der Waals surface area contributed by atoms with Crippen molar-refractivity contribution in [3.05, 3.63) is 30.1 Å². The third-order valence-electron chi connectivity index (χ3n) is 4.62. The molecule has 1 heterocycles. The summed E-state index contributed by atoms with van der Waals surface area (Å²) in [5.74, 6) is 0. The molecule has 1 atom stereocenters. The maximum absolute atomic E-state index is 4.51. The monoisotopic (exact) mass is 260 g/mol. The van der Waals surface area contributed by atoms with Crippen LogP contribution < -0.4 is 5.32 Å². The first-order valence-electron chi connectivity index (χ1n) is 7.88. The van der Waals surface area contributed by atoms with Crippen molar-refractivity contribution in [1.82, 2.24) is 10.3 Å². The van der Waals surface area contributed by atoms with Crippen molar-refractivity contribution in [2.75, 3.05) is 6.54 Å². The first kappa shape index (κ1) is 14.5. The minimum atomic E-state index is 0.449. The van der Waals surface area contributed by atoms with E-state index in [2.05, 4.69) is 36.3 Å². The molecule has 1 aromatic rings. The summed E-state index contributed by atoms with van der Waals surface area (Å²) < 4.78 is 0. The van der Waals surface area contributed by atoms with E-state index in [4.69, 9.17) is 0 Å². The van der Waals surface area contributed by atoms with Gasteiger partial charge in [-0.2, -0.15) is 0 Å². The molecule has 0 saturated heterocycles. The van der Waals surface area contributed by atoms with Crippen LogP contribution in [0.25, 0.3) is 0 Å². The van der Waals surface area contributed by atoms with E-state index in [0.717, 1.165) is 13.0 Å². The second-order valence-corrected chi connectivity index (χ2v) is 6.25. The number of hydrogen-bond acceptors (Lipinski definition) is 2. The van der Waals surface area contributed by atoms with Crippen LogP contribution >= 0.6 is 0 Å². The van der Waals surface area contributed by atoms with Crippen molar-refractivity contribution in [3.8, 4) is 0 Å². The van der Waals surface area contributed by atoms with Crippen LogP contribution in [0.3, 0.4) is 0 Å². The van der Waals surface area contributed by atoms with Gasteiger partial charge in [0.2, 0.25) is 0 Å². The van der Waals surface area contributed by atoms with Gasteiger partial charge < -0.3 is 5.32 Å². The van der Waals surface area contributed by atoms with E-state index < -0.39 is 0 Å². The maximum Gasteiger partial charge on any atom is 0.0419 e. The molecule has 0 bridgehead atoms. The summed E-state index contributed by atoms with van der Waals surface area (Å²) in [5, 5.41) is 3.79. The molecule has 1 N–H and O–H groups in total. The van der Waals surface area contributed by atoms with Gasteiger partial charge >= 0.3 is 0 Å². The Kier molecular flexibility index (Phi) is 5.38. The molecule has 1 aliphatic rings. The minimum Gasteiger partial charge on any atom is -0.313 e. The first-order valence-corrected chi connectivity index (χ1v) is 7.88. The molecule has 2 heteroatoms. The minimum absolute atomic E-state index is 0.449. The summed E-state index contributed by atoms with van der Waals surface area (Å²) in [6.45, 7) is 5.84. The quantitative estimate of drug-likeness (QED) is 0.837. The molecule has 2 nitrogen and oxygen atoms in total. The van der Waals surface area contributed by atoms with E-state index in [1.807, 2.05) is 12.3 Å². The van der Waals surface area contributed by atoms with Crippen LogP contribution in [0.4, 0.5) is 0 Å². The number of rotatable bonds is 6. The zero-order valence-corrected chi connectivity index (χ0v) is 12.5. The molecule has 1 saturated carbocycles. The molecule has 0 aromatic carbocycles. The first-order chi connectivity index (χ1) is 9.24. The fourth-order valence-corrected chi connectivity index (χ4v) is 3.32. The van der Waals surface area contributed by atoms with E-state index >= 15 is 0 Å². The number of nitrogens with one attached hydrogen (secondary N) is 1. The second kappa shape index (κ2) is 7.04. The lowest BCUT2D eigenvalue weighted by Crippen LogP contribution is -2.46. The number of pyridine rings is 1. The Bertz CT molecular complexity index is 355. The van der Waals surface area contributed by atoms with Gasteiger partial charge in [0.1, 0.15) is 0 Å². The SMILES string of the molecule is CCCNC(Cc1ccccn1)C1(C)CCCCC1. The highest BCUT2D eigenvalue weighted by molar-refractivity contribution is 5.07. The molecular weight excluding hydrogens is 232 g/mol. The Morgan fingerprint density at radius 3 is 2.68 bits per heavy atom. The lowest BCUT2D eigenvalue weighted by molar-refractivity contribution is 0.143. The Hall–Kier alpha value is -0.890. The lowest BCUT2D eigenvalue weighted by atomic mass is 9.69. The third-order valence-corrected chi connectivity index (χ3v) is 4.62. The fraction of sp³-hybridized carbons (Fsp3) is 0.706. The van der Waals surface area contributed by atoms with Gasteiger partial charge in [0.25, 0.3) is 0 Å². The van der Waals surface area contributed by atoms with Crippen molar-refractivity contribution in [2.24, 2.45) is 5.41 Å². The zero-order chi connectivity index (χ0) is 13.6. The molecule has 106 valence electrons. The molecule has 19 heavy (non-hydrogen) atoms. The van der Waals surface area contributed by atoms with E-state index in [0.29, 0.717) is 11.5 Å². The topological polar surface area (TPSA) is 24.9 Å². The summed E-state index contributed by atoms with van der Waals surface area (Å²) in [6.07, 6.45) is 11.1. The zero-order valence-electron chi connectivity index (χ0n) is 12.5. The molecule has 1 unspecified atom stereocenters. The van der Waals surface area contributed by atoms with Crippen LogP contribution in [0.15, 0.2) is 24.4 Å². The van der Waals surface area contributed by atoms with Crippen molar-refractivity contribution in [3.63, 3.8) is 0 Å². The predicted octanol–water partition coefficient (Wildman–Crippen LogP) is 3.96. The summed E-state index contributed by atoms with van der Waals surface area (Å²) >= 11 is 0. The largest absolute Gasteiger partial charge is 0.313 e. The van der Waals surface area contributed by atoms with Crippen LogP contribution in [-0.4, -0.2) is 17.6 Å². The van der Waals surface area contributed by atoms with E-state index in [-0.39, 0.29) is 0 Å².